The lowest BCUT2D eigenvalue weighted by Crippen LogP contribution is -2.24. The fraction of sp³-hybridized carbons (Fsp3) is 0.462. The summed E-state index contributed by atoms with van der Waals surface area (Å²) in [6.07, 6.45) is 5.72. The van der Waals surface area contributed by atoms with Crippen LogP contribution < -0.4 is 5.32 Å². The highest BCUT2D eigenvalue weighted by molar-refractivity contribution is 14.1. The van der Waals surface area contributed by atoms with Crippen LogP contribution in [0.1, 0.15) is 40.6 Å². The number of H-pyrrole nitrogens is 1. The van der Waals surface area contributed by atoms with Crippen molar-refractivity contribution in [2.24, 2.45) is 0 Å². The van der Waals surface area contributed by atoms with E-state index in [1.807, 2.05) is 17.5 Å². The summed E-state index contributed by atoms with van der Waals surface area (Å²) in [5.74, 6) is 0. The fourth-order valence-corrected chi connectivity index (χ4v) is 4.64. The first-order valence-corrected chi connectivity index (χ1v) is 8.14. The van der Waals surface area contributed by atoms with Gasteiger partial charge < -0.3 is 5.32 Å². The van der Waals surface area contributed by atoms with Gasteiger partial charge in [0.05, 0.1) is 9.08 Å². The number of nitrogens with zero attached hydrogens (tertiary/aromatic N) is 1. The molecule has 0 bridgehead atoms. The molecule has 0 aromatic carbocycles. The smallest absolute Gasteiger partial charge is 0.0659 e. The van der Waals surface area contributed by atoms with Crippen molar-refractivity contribution in [3.8, 4) is 0 Å². The second-order valence-electron chi connectivity index (χ2n) is 4.77. The first-order chi connectivity index (χ1) is 8.74. The van der Waals surface area contributed by atoms with Gasteiger partial charge in [0.25, 0.3) is 0 Å². The fourth-order valence-electron chi connectivity index (χ4n) is 2.52. The van der Waals surface area contributed by atoms with E-state index in [0.717, 1.165) is 6.54 Å². The van der Waals surface area contributed by atoms with E-state index < -0.39 is 0 Å². The minimum atomic E-state index is 0.516. The highest BCUT2D eigenvalue weighted by Crippen LogP contribution is 2.36. The van der Waals surface area contributed by atoms with Crippen molar-refractivity contribution in [2.75, 3.05) is 0 Å². The van der Waals surface area contributed by atoms with Crippen molar-refractivity contribution in [3.05, 3.63) is 36.8 Å². The summed E-state index contributed by atoms with van der Waals surface area (Å²) in [5, 5.41) is 10.7. The van der Waals surface area contributed by atoms with Crippen LogP contribution in [0.2, 0.25) is 0 Å². The lowest BCUT2D eigenvalue weighted by molar-refractivity contribution is 0.462. The van der Waals surface area contributed by atoms with Crippen LogP contribution in [-0.2, 0) is 13.0 Å². The van der Waals surface area contributed by atoms with Gasteiger partial charge in [-0.3, -0.25) is 5.10 Å². The van der Waals surface area contributed by atoms with Gasteiger partial charge in [-0.25, -0.2) is 0 Å². The number of aromatic amines is 1. The van der Waals surface area contributed by atoms with Gasteiger partial charge >= 0.3 is 0 Å². The first-order valence-electron chi connectivity index (χ1n) is 6.24. The normalized spacial score (nSPS) is 18.9. The second kappa shape index (κ2) is 5.30. The monoisotopic (exact) mass is 373 g/mol. The van der Waals surface area contributed by atoms with Gasteiger partial charge in [0.1, 0.15) is 0 Å². The van der Waals surface area contributed by atoms with E-state index in [4.69, 9.17) is 0 Å². The van der Waals surface area contributed by atoms with Crippen LogP contribution in [0.5, 0.6) is 0 Å². The predicted molar refractivity (Wildman–Crippen MR) is 82.9 cm³/mol. The van der Waals surface area contributed by atoms with E-state index >= 15 is 0 Å². The Labute approximate surface area is 125 Å². The molecule has 0 radical (unpaired) electrons. The summed E-state index contributed by atoms with van der Waals surface area (Å²) in [4.78, 5) is 1.58. The molecule has 3 rings (SSSR count). The van der Waals surface area contributed by atoms with Crippen molar-refractivity contribution in [2.45, 2.75) is 38.8 Å². The standard InChI is InChI=1S/C13H16IN3S/c1-8-9(7-16-17-8)6-15-11-3-2-4-12-10(11)5-13(14)18-12/h5,7,11,15H,2-4,6H2,1H3,(H,16,17). The van der Waals surface area contributed by atoms with E-state index in [-0.39, 0.29) is 0 Å². The molecule has 2 heterocycles. The molecule has 0 amide bonds. The zero-order chi connectivity index (χ0) is 12.5. The maximum atomic E-state index is 4.07. The Hall–Kier alpha value is -0.400. The third-order valence-electron chi connectivity index (χ3n) is 3.56. The van der Waals surface area contributed by atoms with Gasteiger partial charge in [0.15, 0.2) is 0 Å². The Morgan fingerprint density at radius 3 is 3.28 bits per heavy atom. The van der Waals surface area contributed by atoms with Gasteiger partial charge in [-0.15, -0.1) is 11.3 Å². The summed E-state index contributed by atoms with van der Waals surface area (Å²) in [5.41, 5.74) is 3.96. The SMILES string of the molecule is Cc1[nH]ncc1CNC1CCCc2sc(I)cc21. The predicted octanol–water partition coefficient (Wildman–Crippen LogP) is 3.55. The Balaban J connectivity index is 1.73. The van der Waals surface area contributed by atoms with E-state index in [1.165, 1.54) is 39.0 Å². The van der Waals surface area contributed by atoms with Gasteiger partial charge in [0.2, 0.25) is 0 Å². The molecule has 1 aliphatic carbocycles. The molecule has 0 aliphatic heterocycles. The molecule has 1 aliphatic rings. The van der Waals surface area contributed by atoms with Crippen molar-refractivity contribution in [1.29, 1.82) is 0 Å². The van der Waals surface area contributed by atoms with Gasteiger partial charge in [-0.1, -0.05) is 0 Å². The Kier molecular flexibility index (Phi) is 3.72. The Morgan fingerprint density at radius 1 is 1.61 bits per heavy atom. The summed E-state index contributed by atoms with van der Waals surface area (Å²) in [6.45, 7) is 2.97. The molecule has 0 fully saturated rings. The molecule has 1 atom stereocenters. The number of rotatable bonds is 3. The van der Waals surface area contributed by atoms with Crippen LogP contribution in [0.25, 0.3) is 0 Å². The molecule has 2 N–H and O–H groups in total. The summed E-state index contributed by atoms with van der Waals surface area (Å²) < 4.78 is 1.41. The topological polar surface area (TPSA) is 40.7 Å². The Bertz CT molecular complexity index is 546. The third kappa shape index (κ3) is 2.48. The van der Waals surface area contributed by atoms with Gasteiger partial charge in [-0.2, -0.15) is 5.10 Å². The lowest BCUT2D eigenvalue weighted by Gasteiger charge is -2.23. The number of aryl methyl sites for hydroxylation is 2. The number of aromatic nitrogens is 2. The first kappa shape index (κ1) is 12.6. The molecule has 2 aromatic heterocycles. The van der Waals surface area contributed by atoms with Crippen molar-refractivity contribution < 1.29 is 0 Å². The van der Waals surface area contributed by atoms with Crippen LogP contribution in [0, 0.1) is 9.81 Å². The third-order valence-corrected chi connectivity index (χ3v) is 5.53. The summed E-state index contributed by atoms with van der Waals surface area (Å²) in [6, 6.07) is 2.86. The highest BCUT2D eigenvalue weighted by atomic mass is 127. The summed E-state index contributed by atoms with van der Waals surface area (Å²) in [7, 11) is 0. The van der Waals surface area contributed by atoms with Crippen molar-refractivity contribution >= 4 is 33.9 Å². The molecule has 18 heavy (non-hydrogen) atoms. The minimum Gasteiger partial charge on any atom is -0.306 e. The molecule has 0 saturated heterocycles. The van der Waals surface area contributed by atoms with Gasteiger partial charge in [-0.05, 0) is 60.4 Å². The molecule has 5 heteroatoms. The number of fused-ring (bicyclic) bond motifs is 1. The van der Waals surface area contributed by atoms with Crippen LogP contribution in [0.15, 0.2) is 12.3 Å². The maximum absolute atomic E-state index is 4.07. The number of hydrogen-bond acceptors (Lipinski definition) is 3. The zero-order valence-corrected chi connectivity index (χ0v) is 13.3. The maximum Gasteiger partial charge on any atom is 0.0659 e. The largest absolute Gasteiger partial charge is 0.306 e. The molecule has 0 spiro atoms. The molecule has 0 saturated carbocycles. The molecular formula is C13H16IN3S. The molecule has 2 aromatic rings. The number of hydrogen-bond donors (Lipinski definition) is 2. The number of nitrogens with one attached hydrogen (secondary N) is 2. The molecule has 96 valence electrons. The molecule has 1 unspecified atom stereocenters. The highest BCUT2D eigenvalue weighted by Gasteiger charge is 2.22. The number of thiophene rings is 1. The van der Waals surface area contributed by atoms with Crippen LogP contribution in [-0.4, -0.2) is 10.2 Å². The minimum absolute atomic E-state index is 0.516. The Morgan fingerprint density at radius 2 is 2.50 bits per heavy atom. The van der Waals surface area contributed by atoms with E-state index in [0.29, 0.717) is 6.04 Å². The second-order valence-corrected chi connectivity index (χ2v) is 7.81. The quantitative estimate of drug-likeness (QED) is 0.808. The summed E-state index contributed by atoms with van der Waals surface area (Å²) >= 11 is 4.38. The molecule has 3 nitrogen and oxygen atoms in total. The van der Waals surface area contributed by atoms with E-state index in [2.05, 4.69) is 51.1 Å². The average Bonchev–Trinajstić information content (AvgIpc) is 2.91. The van der Waals surface area contributed by atoms with Crippen molar-refractivity contribution in [3.63, 3.8) is 0 Å². The average molecular weight is 373 g/mol. The van der Waals surface area contributed by atoms with Gasteiger partial charge in [0, 0.05) is 28.7 Å². The van der Waals surface area contributed by atoms with E-state index in [1.54, 1.807) is 4.88 Å². The number of halogens is 1. The van der Waals surface area contributed by atoms with Crippen LogP contribution in [0.3, 0.4) is 0 Å². The van der Waals surface area contributed by atoms with E-state index in [9.17, 15) is 0 Å². The zero-order valence-electron chi connectivity index (χ0n) is 10.3. The van der Waals surface area contributed by atoms with Crippen LogP contribution in [0.4, 0.5) is 0 Å². The van der Waals surface area contributed by atoms with Crippen molar-refractivity contribution in [1.82, 2.24) is 15.5 Å². The van der Waals surface area contributed by atoms with Crippen LogP contribution >= 0.6 is 33.9 Å². The molecular weight excluding hydrogens is 357 g/mol. The lowest BCUT2D eigenvalue weighted by atomic mass is 9.94.